The maximum Gasteiger partial charge on any atom is 0.225 e. The van der Waals surface area contributed by atoms with Crippen LogP contribution in [0.25, 0.3) is 0 Å². The molecule has 3 nitrogen and oxygen atoms in total. The Morgan fingerprint density at radius 3 is 2.85 bits per heavy atom. The summed E-state index contributed by atoms with van der Waals surface area (Å²) in [5.74, 6) is 0.154. The molecule has 1 heterocycles. The first-order chi connectivity index (χ1) is 6.11. The summed E-state index contributed by atoms with van der Waals surface area (Å²) in [5.41, 5.74) is 0. The summed E-state index contributed by atoms with van der Waals surface area (Å²) in [7, 11) is 0. The lowest BCUT2D eigenvalue weighted by Crippen LogP contribution is -2.37. The van der Waals surface area contributed by atoms with Gasteiger partial charge in [-0.1, -0.05) is 13.8 Å². The predicted molar refractivity (Wildman–Crippen MR) is 50.0 cm³/mol. The lowest BCUT2D eigenvalue weighted by molar-refractivity contribution is -0.136. The Labute approximate surface area is 79.1 Å². The minimum absolute atomic E-state index is 0.00843. The highest BCUT2D eigenvalue weighted by Gasteiger charge is 2.21. The molecule has 73 valence electrons. The van der Waals surface area contributed by atoms with E-state index in [0.717, 1.165) is 19.4 Å². The van der Waals surface area contributed by atoms with Crippen LogP contribution < -0.4 is 0 Å². The van der Waals surface area contributed by atoms with Crippen molar-refractivity contribution in [1.29, 1.82) is 0 Å². The molecular weight excluding hydrogens is 166 g/mol. The van der Waals surface area contributed by atoms with Crippen LogP contribution in [0.5, 0.6) is 0 Å². The zero-order valence-electron chi connectivity index (χ0n) is 8.25. The van der Waals surface area contributed by atoms with Gasteiger partial charge in [-0.15, -0.1) is 0 Å². The largest absolute Gasteiger partial charge is 0.335 e. The van der Waals surface area contributed by atoms with Crippen LogP contribution in [0.3, 0.4) is 0 Å². The molecule has 1 saturated heterocycles. The Hall–Kier alpha value is -0.860. The van der Waals surface area contributed by atoms with E-state index in [9.17, 15) is 9.59 Å². The van der Waals surface area contributed by atoms with Crippen molar-refractivity contribution in [3.8, 4) is 0 Å². The number of carbonyl (C=O) groups excluding carboxylic acids is 2. The van der Waals surface area contributed by atoms with Crippen LogP contribution in [0, 0.1) is 12.3 Å². The Kier molecular flexibility index (Phi) is 3.46. The van der Waals surface area contributed by atoms with Gasteiger partial charge in [0.2, 0.25) is 5.91 Å². The summed E-state index contributed by atoms with van der Waals surface area (Å²) in [4.78, 5) is 24.4. The Bertz CT molecular complexity index is 211. The number of nitrogens with zero attached hydrogens (tertiary/aromatic N) is 1. The summed E-state index contributed by atoms with van der Waals surface area (Å²) < 4.78 is 0. The summed E-state index contributed by atoms with van der Waals surface area (Å²) >= 11 is 0. The molecule has 1 fully saturated rings. The van der Waals surface area contributed by atoms with E-state index < -0.39 is 0 Å². The molecule has 1 radical (unpaired) electrons. The zero-order valence-corrected chi connectivity index (χ0v) is 8.25. The second-order valence-electron chi connectivity index (χ2n) is 3.73. The van der Waals surface area contributed by atoms with Crippen LogP contribution in [-0.4, -0.2) is 29.7 Å². The van der Waals surface area contributed by atoms with Gasteiger partial charge < -0.3 is 4.90 Å². The highest BCUT2D eigenvalue weighted by molar-refractivity contribution is 5.92. The first-order valence-electron chi connectivity index (χ1n) is 4.76. The molecule has 1 aliphatic heterocycles. The van der Waals surface area contributed by atoms with Crippen molar-refractivity contribution < 1.29 is 9.59 Å². The first-order valence-corrected chi connectivity index (χ1v) is 4.76. The quantitative estimate of drug-likeness (QED) is 0.607. The second kappa shape index (κ2) is 4.40. The van der Waals surface area contributed by atoms with E-state index in [0.29, 0.717) is 0 Å². The number of rotatable bonds is 1. The minimum Gasteiger partial charge on any atom is -0.335 e. The fourth-order valence-corrected chi connectivity index (χ4v) is 1.43. The van der Waals surface area contributed by atoms with E-state index in [1.807, 2.05) is 13.8 Å². The van der Waals surface area contributed by atoms with E-state index in [4.69, 9.17) is 0 Å². The standard InChI is InChI=1S/C10H16NO2/c1-8(2)10(13)11-6-4-3-5-9(12)7-11/h5,8H,3-4,6-7H2,1-2H3. The Morgan fingerprint density at radius 2 is 2.23 bits per heavy atom. The van der Waals surface area contributed by atoms with Gasteiger partial charge in [-0.05, 0) is 12.8 Å². The van der Waals surface area contributed by atoms with Crippen LogP contribution in [0.4, 0.5) is 0 Å². The van der Waals surface area contributed by atoms with Crippen LogP contribution in [0.15, 0.2) is 0 Å². The van der Waals surface area contributed by atoms with Crippen molar-refractivity contribution in [2.75, 3.05) is 13.1 Å². The van der Waals surface area contributed by atoms with Gasteiger partial charge in [0.05, 0.1) is 6.54 Å². The molecular formula is C10H16NO2. The molecule has 0 aromatic carbocycles. The van der Waals surface area contributed by atoms with Gasteiger partial charge in [0, 0.05) is 18.9 Å². The molecule has 0 aliphatic carbocycles. The van der Waals surface area contributed by atoms with Crippen molar-refractivity contribution in [2.45, 2.75) is 26.7 Å². The maximum atomic E-state index is 11.6. The average Bonchev–Trinajstić information content (AvgIpc) is 2.28. The SMILES string of the molecule is CC(C)C(=O)N1CCC[CH]C(=O)C1. The van der Waals surface area contributed by atoms with Gasteiger partial charge in [-0.3, -0.25) is 9.59 Å². The molecule has 0 spiro atoms. The molecule has 13 heavy (non-hydrogen) atoms. The number of likely N-dealkylation sites (tertiary alicyclic amines) is 1. The molecule has 1 aliphatic rings. The van der Waals surface area contributed by atoms with Gasteiger partial charge in [-0.25, -0.2) is 0 Å². The van der Waals surface area contributed by atoms with E-state index in [1.54, 1.807) is 11.3 Å². The van der Waals surface area contributed by atoms with E-state index >= 15 is 0 Å². The fourth-order valence-electron chi connectivity index (χ4n) is 1.43. The van der Waals surface area contributed by atoms with Gasteiger partial charge in [-0.2, -0.15) is 0 Å². The number of Topliss-reactive ketones (excluding diaryl/α,β-unsaturated/α-hetero) is 1. The minimum atomic E-state index is -0.00843. The molecule has 0 N–H and O–H groups in total. The first kappa shape index (κ1) is 10.2. The Balaban J connectivity index is 2.57. The van der Waals surface area contributed by atoms with Crippen molar-refractivity contribution in [1.82, 2.24) is 4.90 Å². The second-order valence-corrected chi connectivity index (χ2v) is 3.73. The molecule has 1 amide bonds. The van der Waals surface area contributed by atoms with Crippen LogP contribution in [0.1, 0.15) is 26.7 Å². The van der Waals surface area contributed by atoms with E-state index in [2.05, 4.69) is 0 Å². The maximum absolute atomic E-state index is 11.6. The third-order valence-corrected chi connectivity index (χ3v) is 2.16. The molecule has 0 aromatic heterocycles. The lowest BCUT2D eigenvalue weighted by atomic mass is 10.2. The molecule has 3 heteroatoms. The summed E-state index contributed by atoms with van der Waals surface area (Å²) in [6, 6.07) is 0. The number of amides is 1. The van der Waals surface area contributed by atoms with Crippen molar-refractivity contribution in [3.63, 3.8) is 0 Å². The molecule has 0 bridgehead atoms. The molecule has 1 rings (SSSR count). The van der Waals surface area contributed by atoms with Gasteiger partial charge >= 0.3 is 0 Å². The summed E-state index contributed by atoms with van der Waals surface area (Å²) in [5, 5.41) is 0. The molecule has 0 aromatic rings. The van der Waals surface area contributed by atoms with Crippen LogP contribution >= 0.6 is 0 Å². The number of carbonyl (C=O) groups is 2. The lowest BCUT2D eigenvalue weighted by Gasteiger charge is -2.21. The molecule has 0 saturated carbocycles. The number of hydrogen-bond acceptors (Lipinski definition) is 2. The highest BCUT2D eigenvalue weighted by atomic mass is 16.2. The topological polar surface area (TPSA) is 37.4 Å². The third kappa shape index (κ3) is 2.83. The zero-order chi connectivity index (χ0) is 9.84. The molecule has 0 unspecified atom stereocenters. The van der Waals surface area contributed by atoms with Gasteiger partial charge in [0.15, 0.2) is 5.78 Å². The Morgan fingerprint density at radius 1 is 1.54 bits per heavy atom. The van der Waals surface area contributed by atoms with E-state index in [-0.39, 0.29) is 24.2 Å². The number of ketones is 1. The normalized spacial score (nSPS) is 19.0. The number of hydrogen-bond donors (Lipinski definition) is 0. The monoisotopic (exact) mass is 182 g/mol. The van der Waals surface area contributed by atoms with E-state index in [1.165, 1.54) is 0 Å². The highest BCUT2D eigenvalue weighted by Crippen LogP contribution is 2.09. The predicted octanol–water partition coefficient (Wildman–Crippen LogP) is 1.04. The summed E-state index contributed by atoms with van der Waals surface area (Å²) in [6.45, 7) is 4.72. The third-order valence-electron chi connectivity index (χ3n) is 2.16. The van der Waals surface area contributed by atoms with Gasteiger partial charge in [0.25, 0.3) is 0 Å². The fraction of sp³-hybridized carbons (Fsp3) is 0.700. The van der Waals surface area contributed by atoms with Crippen molar-refractivity contribution >= 4 is 11.7 Å². The van der Waals surface area contributed by atoms with Crippen LogP contribution in [0.2, 0.25) is 0 Å². The average molecular weight is 182 g/mol. The van der Waals surface area contributed by atoms with Crippen LogP contribution in [-0.2, 0) is 9.59 Å². The summed E-state index contributed by atoms with van der Waals surface area (Å²) in [6.07, 6.45) is 3.40. The molecule has 0 atom stereocenters. The van der Waals surface area contributed by atoms with Crippen molar-refractivity contribution in [3.05, 3.63) is 6.42 Å². The van der Waals surface area contributed by atoms with Crippen molar-refractivity contribution in [2.24, 2.45) is 5.92 Å². The smallest absolute Gasteiger partial charge is 0.225 e. The van der Waals surface area contributed by atoms with Gasteiger partial charge in [0.1, 0.15) is 0 Å².